The second-order valence-corrected chi connectivity index (χ2v) is 7.61. The summed E-state index contributed by atoms with van der Waals surface area (Å²) in [5, 5.41) is 18.1. The summed E-state index contributed by atoms with van der Waals surface area (Å²) in [5.74, 6) is -0.377. The summed E-state index contributed by atoms with van der Waals surface area (Å²) in [5.41, 5.74) is 1.78. The SMILES string of the molecule is CC(C)Oc1nc(-c2ccc(F)cc2)n(-c2ccc(NC(=O)c3cccc([N+](=O)[O-])c3)cc2)n1. The number of nitro benzene ring substituents is 1. The second kappa shape index (κ2) is 9.49. The molecule has 0 aliphatic rings. The summed E-state index contributed by atoms with van der Waals surface area (Å²) in [6, 6.07) is 18.3. The van der Waals surface area contributed by atoms with Gasteiger partial charge in [-0.2, -0.15) is 4.98 Å². The predicted molar refractivity (Wildman–Crippen MR) is 124 cm³/mol. The standard InChI is InChI=1S/C24H20FN5O4/c1-15(2)34-24-27-22(16-6-8-18(25)9-7-16)29(28-24)20-12-10-19(11-13-20)26-23(31)17-4-3-5-21(14-17)30(32)33/h3-15H,1-2H3,(H,26,31). The van der Waals surface area contributed by atoms with Gasteiger partial charge in [-0.05, 0) is 68.4 Å². The van der Waals surface area contributed by atoms with Crippen LogP contribution in [0.2, 0.25) is 0 Å². The highest BCUT2D eigenvalue weighted by molar-refractivity contribution is 6.04. The van der Waals surface area contributed by atoms with Gasteiger partial charge in [-0.15, -0.1) is 5.10 Å². The zero-order valence-electron chi connectivity index (χ0n) is 18.3. The summed E-state index contributed by atoms with van der Waals surface area (Å²) >= 11 is 0. The van der Waals surface area contributed by atoms with E-state index in [1.165, 1.54) is 36.4 Å². The molecule has 9 nitrogen and oxygen atoms in total. The van der Waals surface area contributed by atoms with Gasteiger partial charge in [-0.25, -0.2) is 9.07 Å². The molecule has 1 aromatic heterocycles. The number of amides is 1. The molecule has 34 heavy (non-hydrogen) atoms. The molecule has 3 aromatic carbocycles. The van der Waals surface area contributed by atoms with Crippen molar-refractivity contribution in [3.63, 3.8) is 0 Å². The van der Waals surface area contributed by atoms with Crippen LogP contribution in [0.3, 0.4) is 0 Å². The number of anilines is 1. The number of nitrogens with zero attached hydrogens (tertiary/aromatic N) is 4. The van der Waals surface area contributed by atoms with Crippen molar-refractivity contribution in [3.8, 4) is 23.1 Å². The maximum Gasteiger partial charge on any atom is 0.336 e. The fourth-order valence-electron chi connectivity index (χ4n) is 3.17. The third-order valence-electron chi connectivity index (χ3n) is 4.72. The van der Waals surface area contributed by atoms with Crippen molar-refractivity contribution in [1.82, 2.24) is 14.8 Å². The molecule has 0 aliphatic carbocycles. The maximum atomic E-state index is 13.4. The van der Waals surface area contributed by atoms with E-state index in [2.05, 4.69) is 15.4 Å². The molecule has 0 bridgehead atoms. The number of rotatable bonds is 7. The molecule has 0 atom stereocenters. The van der Waals surface area contributed by atoms with Crippen molar-refractivity contribution < 1.29 is 18.8 Å². The highest BCUT2D eigenvalue weighted by Gasteiger charge is 2.16. The number of carbonyl (C=O) groups is 1. The molecule has 1 heterocycles. The van der Waals surface area contributed by atoms with E-state index in [0.29, 0.717) is 22.8 Å². The van der Waals surface area contributed by atoms with Gasteiger partial charge in [0.25, 0.3) is 11.6 Å². The molecule has 0 spiro atoms. The van der Waals surface area contributed by atoms with Crippen molar-refractivity contribution in [2.75, 3.05) is 5.32 Å². The minimum absolute atomic E-state index is 0.136. The number of hydrogen-bond acceptors (Lipinski definition) is 6. The zero-order valence-corrected chi connectivity index (χ0v) is 18.3. The van der Waals surface area contributed by atoms with Crippen molar-refractivity contribution in [2.24, 2.45) is 0 Å². The topological polar surface area (TPSA) is 112 Å². The number of carbonyl (C=O) groups excluding carboxylic acids is 1. The second-order valence-electron chi connectivity index (χ2n) is 7.61. The quantitative estimate of drug-likeness (QED) is 0.305. The summed E-state index contributed by atoms with van der Waals surface area (Å²) < 4.78 is 20.6. The summed E-state index contributed by atoms with van der Waals surface area (Å²) in [6.07, 6.45) is -0.136. The molecule has 1 N–H and O–H groups in total. The highest BCUT2D eigenvalue weighted by atomic mass is 19.1. The van der Waals surface area contributed by atoms with Crippen molar-refractivity contribution in [3.05, 3.63) is 94.3 Å². The van der Waals surface area contributed by atoms with Crippen LogP contribution in [0.15, 0.2) is 72.8 Å². The normalized spacial score (nSPS) is 10.8. The predicted octanol–water partition coefficient (Wildman–Crippen LogP) is 5.02. The van der Waals surface area contributed by atoms with E-state index in [0.717, 1.165) is 0 Å². The van der Waals surface area contributed by atoms with Gasteiger partial charge < -0.3 is 10.1 Å². The molecule has 0 radical (unpaired) electrons. The third kappa shape index (κ3) is 5.07. The Morgan fingerprint density at radius 1 is 1.09 bits per heavy atom. The van der Waals surface area contributed by atoms with Crippen molar-refractivity contribution in [1.29, 1.82) is 0 Å². The van der Waals surface area contributed by atoms with Crippen LogP contribution in [0, 0.1) is 15.9 Å². The molecular formula is C24H20FN5O4. The molecule has 0 saturated carbocycles. The number of halogens is 1. The molecule has 10 heteroatoms. The van der Waals surface area contributed by atoms with Crippen molar-refractivity contribution in [2.45, 2.75) is 20.0 Å². The number of aromatic nitrogens is 3. The molecule has 1 amide bonds. The van der Waals surface area contributed by atoms with Gasteiger partial charge in [-0.1, -0.05) is 6.07 Å². The number of hydrogen-bond donors (Lipinski definition) is 1. The van der Waals surface area contributed by atoms with Crippen LogP contribution in [-0.2, 0) is 0 Å². The first-order chi connectivity index (χ1) is 16.3. The van der Waals surface area contributed by atoms with Crippen LogP contribution >= 0.6 is 0 Å². The Balaban J connectivity index is 1.60. The fourth-order valence-corrected chi connectivity index (χ4v) is 3.17. The molecule has 4 aromatic rings. The number of nitro groups is 1. The average molecular weight is 461 g/mol. The lowest BCUT2D eigenvalue weighted by Crippen LogP contribution is -2.12. The van der Waals surface area contributed by atoms with Gasteiger partial charge in [0.2, 0.25) is 0 Å². The van der Waals surface area contributed by atoms with E-state index >= 15 is 0 Å². The smallest absolute Gasteiger partial charge is 0.336 e. The Morgan fingerprint density at radius 2 is 1.79 bits per heavy atom. The van der Waals surface area contributed by atoms with Crippen LogP contribution in [0.1, 0.15) is 24.2 Å². The van der Waals surface area contributed by atoms with E-state index in [-0.39, 0.29) is 29.2 Å². The van der Waals surface area contributed by atoms with Gasteiger partial charge in [-0.3, -0.25) is 14.9 Å². The molecule has 0 unspecified atom stereocenters. The number of nitrogens with one attached hydrogen (secondary N) is 1. The lowest BCUT2D eigenvalue weighted by atomic mass is 10.2. The fraction of sp³-hybridized carbons (Fsp3) is 0.125. The number of non-ortho nitro benzene ring substituents is 1. The van der Waals surface area contributed by atoms with Crippen LogP contribution in [-0.4, -0.2) is 31.7 Å². The third-order valence-corrected chi connectivity index (χ3v) is 4.72. The molecule has 4 rings (SSSR count). The lowest BCUT2D eigenvalue weighted by molar-refractivity contribution is -0.384. The molecule has 0 aliphatic heterocycles. The minimum atomic E-state index is -0.556. The molecule has 0 fully saturated rings. The van der Waals surface area contributed by atoms with E-state index < -0.39 is 10.8 Å². The highest BCUT2D eigenvalue weighted by Crippen LogP contribution is 2.25. The van der Waals surface area contributed by atoms with Crippen molar-refractivity contribution >= 4 is 17.3 Å². The van der Waals surface area contributed by atoms with E-state index in [1.807, 2.05) is 13.8 Å². The monoisotopic (exact) mass is 461 g/mol. The number of benzene rings is 3. The van der Waals surface area contributed by atoms with E-state index in [9.17, 15) is 19.3 Å². The van der Waals surface area contributed by atoms with Gasteiger partial charge in [0, 0.05) is 28.9 Å². The molecular weight excluding hydrogens is 441 g/mol. The Hall–Kier alpha value is -4.60. The van der Waals surface area contributed by atoms with E-state index in [4.69, 9.17) is 4.74 Å². The van der Waals surface area contributed by atoms with Gasteiger partial charge in [0.15, 0.2) is 5.82 Å². The van der Waals surface area contributed by atoms with Crippen LogP contribution in [0.5, 0.6) is 6.01 Å². The maximum absolute atomic E-state index is 13.4. The Bertz CT molecular complexity index is 1330. The number of ether oxygens (including phenoxy) is 1. The van der Waals surface area contributed by atoms with Crippen LogP contribution in [0.4, 0.5) is 15.8 Å². The van der Waals surface area contributed by atoms with E-state index in [1.54, 1.807) is 41.1 Å². The minimum Gasteiger partial charge on any atom is -0.460 e. The van der Waals surface area contributed by atoms with Crippen LogP contribution < -0.4 is 10.1 Å². The first-order valence-electron chi connectivity index (χ1n) is 10.4. The summed E-state index contributed by atoms with van der Waals surface area (Å²) in [6.45, 7) is 3.72. The average Bonchev–Trinajstić information content (AvgIpc) is 3.23. The molecule has 0 saturated heterocycles. The van der Waals surface area contributed by atoms with Gasteiger partial charge >= 0.3 is 6.01 Å². The first kappa shape index (κ1) is 22.6. The largest absolute Gasteiger partial charge is 0.460 e. The van der Waals surface area contributed by atoms with Crippen LogP contribution in [0.25, 0.3) is 17.1 Å². The van der Waals surface area contributed by atoms with Gasteiger partial charge in [0.05, 0.1) is 16.7 Å². The van der Waals surface area contributed by atoms with Gasteiger partial charge in [0.1, 0.15) is 5.82 Å². The Labute approximate surface area is 194 Å². The zero-order chi connectivity index (χ0) is 24.2. The summed E-state index contributed by atoms with van der Waals surface area (Å²) in [7, 11) is 0. The molecule has 172 valence electrons. The first-order valence-corrected chi connectivity index (χ1v) is 10.4. The Kier molecular flexibility index (Phi) is 6.30. The summed E-state index contributed by atoms with van der Waals surface area (Å²) in [4.78, 5) is 27.3. The lowest BCUT2D eigenvalue weighted by Gasteiger charge is -2.09. The Morgan fingerprint density at radius 3 is 2.44 bits per heavy atom.